The third-order valence-electron chi connectivity index (χ3n) is 4.21. The molecule has 142 valence electrons. The number of imide groups is 1. The van der Waals surface area contributed by atoms with Crippen LogP contribution in [0.1, 0.15) is 38.0 Å². The van der Waals surface area contributed by atoms with Crippen molar-refractivity contribution in [3.05, 3.63) is 77.9 Å². The average molecular weight is 378 g/mol. The molecule has 2 aromatic carbocycles. The highest BCUT2D eigenvalue weighted by atomic mass is 16.5. The van der Waals surface area contributed by atoms with Crippen LogP contribution in [-0.4, -0.2) is 41.2 Å². The lowest BCUT2D eigenvalue weighted by Gasteiger charge is -2.13. The van der Waals surface area contributed by atoms with E-state index in [4.69, 9.17) is 4.74 Å². The van der Waals surface area contributed by atoms with Crippen molar-refractivity contribution in [3.8, 4) is 0 Å². The van der Waals surface area contributed by atoms with Crippen molar-refractivity contribution in [1.29, 1.82) is 0 Å². The number of carbonyl (C=O) groups is 4. The van der Waals surface area contributed by atoms with Gasteiger partial charge in [0.2, 0.25) is 0 Å². The van der Waals surface area contributed by atoms with Crippen LogP contribution >= 0.6 is 0 Å². The summed E-state index contributed by atoms with van der Waals surface area (Å²) in [4.78, 5) is 50.2. The minimum atomic E-state index is -1.05. The van der Waals surface area contributed by atoms with Gasteiger partial charge >= 0.3 is 5.97 Å². The highest BCUT2D eigenvalue weighted by Gasteiger charge is 2.35. The summed E-state index contributed by atoms with van der Waals surface area (Å²) in [6.07, 6.45) is 0.403. The van der Waals surface area contributed by atoms with E-state index in [1.807, 2.05) is 6.07 Å². The first kappa shape index (κ1) is 19.0. The number of hydrogen-bond acceptors (Lipinski definition) is 5. The van der Waals surface area contributed by atoms with Gasteiger partial charge in [-0.15, -0.1) is 6.58 Å². The molecule has 1 atom stereocenters. The van der Waals surface area contributed by atoms with Crippen LogP contribution in [0.25, 0.3) is 0 Å². The largest absolute Gasteiger partial charge is 0.449 e. The number of esters is 1. The van der Waals surface area contributed by atoms with Gasteiger partial charge in [-0.25, -0.2) is 4.79 Å². The number of anilines is 1. The van der Waals surface area contributed by atoms with Gasteiger partial charge in [0, 0.05) is 12.2 Å². The standard InChI is InChI=1S/C21H18N2O5/c1-3-11-23-19(25)16-10-9-14(12-17(16)20(23)26)21(27)28-13(2)18(24)22-15-7-5-4-6-8-15/h3-10,12-13H,1,11H2,2H3,(H,22,24)/t13-/m1/s1. The summed E-state index contributed by atoms with van der Waals surface area (Å²) in [6.45, 7) is 5.06. The maximum Gasteiger partial charge on any atom is 0.338 e. The highest BCUT2D eigenvalue weighted by Crippen LogP contribution is 2.24. The van der Waals surface area contributed by atoms with Crippen molar-refractivity contribution in [3.63, 3.8) is 0 Å². The second kappa shape index (κ2) is 7.87. The summed E-state index contributed by atoms with van der Waals surface area (Å²) in [6, 6.07) is 12.9. The molecule has 0 unspecified atom stereocenters. The Morgan fingerprint density at radius 3 is 2.46 bits per heavy atom. The number of rotatable bonds is 6. The third kappa shape index (κ3) is 3.68. The molecule has 28 heavy (non-hydrogen) atoms. The normalized spacial score (nSPS) is 13.7. The van der Waals surface area contributed by atoms with Gasteiger partial charge in [-0.05, 0) is 37.3 Å². The molecule has 3 amide bonds. The lowest BCUT2D eigenvalue weighted by atomic mass is 10.1. The monoisotopic (exact) mass is 378 g/mol. The molecule has 0 bridgehead atoms. The van der Waals surface area contributed by atoms with E-state index in [1.54, 1.807) is 24.3 Å². The molecule has 0 aliphatic carbocycles. The molecule has 1 aliphatic rings. The Kier molecular flexibility index (Phi) is 5.35. The summed E-state index contributed by atoms with van der Waals surface area (Å²) in [7, 11) is 0. The minimum Gasteiger partial charge on any atom is -0.449 e. The zero-order chi connectivity index (χ0) is 20.3. The summed E-state index contributed by atoms with van der Waals surface area (Å²) in [5, 5.41) is 2.64. The molecule has 7 nitrogen and oxygen atoms in total. The molecule has 1 N–H and O–H groups in total. The van der Waals surface area contributed by atoms with E-state index in [0.29, 0.717) is 5.69 Å². The van der Waals surface area contributed by atoms with E-state index in [9.17, 15) is 19.2 Å². The molecule has 3 rings (SSSR count). The first-order valence-corrected chi connectivity index (χ1v) is 8.60. The molecule has 0 saturated carbocycles. The minimum absolute atomic E-state index is 0.0831. The van der Waals surface area contributed by atoms with Crippen molar-refractivity contribution in [1.82, 2.24) is 4.90 Å². The second-order valence-electron chi connectivity index (χ2n) is 6.17. The van der Waals surface area contributed by atoms with Crippen molar-refractivity contribution in [2.24, 2.45) is 0 Å². The predicted molar refractivity (Wildman–Crippen MR) is 102 cm³/mol. The number of carbonyl (C=O) groups excluding carboxylic acids is 4. The van der Waals surface area contributed by atoms with Crippen LogP contribution in [-0.2, 0) is 9.53 Å². The van der Waals surface area contributed by atoms with E-state index in [2.05, 4.69) is 11.9 Å². The molecule has 1 heterocycles. The zero-order valence-corrected chi connectivity index (χ0v) is 15.2. The quantitative estimate of drug-likeness (QED) is 0.474. The van der Waals surface area contributed by atoms with Crippen LogP contribution in [0.5, 0.6) is 0 Å². The molecule has 7 heteroatoms. The van der Waals surface area contributed by atoms with Crippen LogP contribution in [0, 0.1) is 0 Å². The maximum absolute atomic E-state index is 12.4. The van der Waals surface area contributed by atoms with Crippen molar-refractivity contribution >= 4 is 29.4 Å². The van der Waals surface area contributed by atoms with Gasteiger partial charge in [0.05, 0.1) is 16.7 Å². The SMILES string of the molecule is C=CCN1C(=O)c2ccc(C(=O)O[C@H](C)C(=O)Nc3ccccc3)cc2C1=O. The van der Waals surface area contributed by atoms with Gasteiger partial charge < -0.3 is 10.1 Å². The first-order valence-electron chi connectivity index (χ1n) is 8.60. The van der Waals surface area contributed by atoms with Crippen molar-refractivity contribution in [2.45, 2.75) is 13.0 Å². The van der Waals surface area contributed by atoms with Crippen LogP contribution in [0.2, 0.25) is 0 Å². The Hall–Kier alpha value is -3.74. The highest BCUT2D eigenvalue weighted by molar-refractivity contribution is 6.22. The van der Waals surface area contributed by atoms with Crippen LogP contribution < -0.4 is 5.32 Å². The van der Waals surface area contributed by atoms with Gasteiger partial charge in [-0.3, -0.25) is 19.3 Å². The van der Waals surface area contributed by atoms with Gasteiger partial charge in [-0.2, -0.15) is 0 Å². The third-order valence-corrected chi connectivity index (χ3v) is 4.21. The fourth-order valence-corrected chi connectivity index (χ4v) is 2.76. The lowest BCUT2D eigenvalue weighted by Crippen LogP contribution is -2.30. The molecule has 0 saturated heterocycles. The summed E-state index contributed by atoms with van der Waals surface area (Å²) >= 11 is 0. The number of para-hydroxylation sites is 1. The Morgan fingerprint density at radius 1 is 1.11 bits per heavy atom. The number of benzene rings is 2. The van der Waals surface area contributed by atoms with Gasteiger partial charge in [0.1, 0.15) is 0 Å². The van der Waals surface area contributed by atoms with Gasteiger partial charge in [0.15, 0.2) is 6.10 Å². The average Bonchev–Trinajstić information content (AvgIpc) is 2.93. The van der Waals surface area contributed by atoms with E-state index >= 15 is 0 Å². The van der Waals surface area contributed by atoms with E-state index in [1.165, 1.54) is 31.2 Å². The number of fused-ring (bicyclic) bond motifs is 1. The topological polar surface area (TPSA) is 92.8 Å². The molecule has 0 radical (unpaired) electrons. The van der Waals surface area contributed by atoms with Crippen LogP contribution in [0.4, 0.5) is 5.69 Å². The first-order chi connectivity index (χ1) is 13.4. The molecule has 0 fully saturated rings. The molecule has 1 aliphatic heterocycles. The van der Waals surface area contributed by atoms with Crippen LogP contribution in [0.3, 0.4) is 0 Å². The lowest BCUT2D eigenvalue weighted by molar-refractivity contribution is -0.123. The van der Waals surface area contributed by atoms with Gasteiger partial charge in [0.25, 0.3) is 17.7 Å². The van der Waals surface area contributed by atoms with E-state index in [-0.39, 0.29) is 23.2 Å². The Bertz CT molecular complexity index is 968. The number of ether oxygens (including phenoxy) is 1. The Labute approximate surface area is 161 Å². The van der Waals surface area contributed by atoms with Gasteiger partial charge in [-0.1, -0.05) is 24.3 Å². The van der Waals surface area contributed by atoms with E-state index < -0.39 is 29.8 Å². The maximum atomic E-state index is 12.4. The smallest absolute Gasteiger partial charge is 0.338 e. The molecule has 2 aromatic rings. The molecule has 0 spiro atoms. The molecular weight excluding hydrogens is 360 g/mol. The van der Waals surface area contributed by atoms with Crippen molar-refractivity contribution in [2.75, 3.05) is 11.9 Å². The summed E-state index contributed by atoms with van der Waals surface area (Å²) in [5.41, 5.74) is 1.01. The summed E-state index contributed by atoms with van der Waals surface area (Å²) < 4.78 is 5.19. The Balaban J connectivity index is 1.70. The van der Waals surface area contributed by atoms with Crippen molar-refractivity contribution < 1.29 is 23.9 Å². The van der Waals surface area contributed by atoms with E-state index in [0.717, 1.165) is 4.90 Å². The second-order valence-corrected chi connectivity index (χ2v) is 6.17. The number of amides is 3. The van der Waals surface area contributed by atoms with Crippen LogP contribution in [0.15, 0.2) is 61.2 Å². The number of hydrogen-bond donors (Lipinski definition) is 1. The fourth-order valence-electron chi connectivity index (χ4n) is 2.76. The number of nitrogens with one attached hydrogen (secondary N) is 1. The molecule has 0 aromatic heterocycles. The zero-order valence-electron chi connectivity index (χ0n) is 15.2. The molecular formula is C21H18N2O5. The fraction of sp³-hybridized carbons (Fsp3) is 0.143. The number of nitrogens with zero attached hydrogens (tertiary/aromatic N) is 1. The summed E-state index contributed by atoms with van der Waals surface area (Å²) in [5.74, 6) is -2.18. The predicted octanol–water partition coefficient (Wildman–Crippen LogP) is 2.65. The Morgan fingerprint density at radius 2 is 1.79 bits per heavy atom.